The molecule has 0 radical (unpaired) electrons. The molecule has 1 atom stereocenters. The van der Waals surface area contributed by atoms with Crippen molar-refractivity contribution in [3.63, 3.8) is 0 Å². The van der Waals surface area contributed by atoms with Crippen molar-refractivity contribution in [3.8, 4) is 0 Å². The van der Waals surface area contributed by atoms with Gasteiger partial charge in [-0.05, 0) is 58.9 Å². The first-order valence-electron chi connectivity index (χ1n) is 8.31. The zero-order valence-electron chi connectivity index (χ0n) is 13.8. The standard InChI is InChI=1S/C16H31N3O2/c1-16(2,3)21-15(20)19(14-6-7-14)12-13-5-4-9-18(11-13)10-8-17/h13-14H,4-12,17H2,1-3H3/t13-/m0/s1. The molecule has 2 rings (SSSR count). The number of rotatable bonds is 5. The van der Waals surface area contributed by atoms with E-state index < -0.39 is 5.60 Å². The Morgan fingerprint density at radius 2 is 2.05 bits per heavy atom. The molecule has 0 unspecified atom stereocenters. The monoisotopic (exact) mass is 297 g/mol. The van der Waals surface area contributed by atoms with Crippen LogP contribution in [0, 0.1) is 5.92 Å². The highest BCUT2D eigenvalue weighted by Crippen LogP contribution is 2.30. The van der Waals surface area contributed by atoms with E-state index in [1.165, 1.54) is 12.8 Å². The second-order valence-electron chi connectivity index (χ2n) is 7.46. The SMILES string of the molecule is CC(C)(C)OC(=O)N(C[C@H]1CCCN(CCN)C1)C1CC1. The van der Waals surface area contributed by atoms with Gasteiger partial charge in [-0.25, -0.2) is 4.79 Å². The van der Waals surface area contributed by atoms with E-state index in [0.29, 0.717) is 18.5 Å². The topological polar surface area (TPSA) is 58.8 Å². The van der Waals surface area contributed by atoms with Crippen LogP contribution in [0.3, 0.4) is 0 Å². The molecule has 0 bridgehead atoms. The molecule has 0 aromatic carbocycles. The van der Waals surface area contributed by atoms with Crippen molar-refractivity contribution in [3.05, 3.63) is 0 Å². The van der Waals surface area contributed by atoms with Crippen molar-refractivity contribution in [1.29, 1.82) is 0 Å². The minimum atomic E-state index is -0.414. The Morgan fingerprint density at radius 3 is 2.62 bits per heavy atom. The fourth-order valence-corrected chi connectivity index (χ4v) is 3.04. The van der Waals surface area contributed by atoms with Crippen LogP contribution in [0.1, 0.15) is 46.5 Å². The maximum absolute atomic E-state index is 12.4. The maximum Gasteiger partial charge on any atom is 0.410 e. The second kappa shape index (κ2) is 6.97. The predicted octanol–water partition coefficient (Wildman–Crippen LogP) is 2.06. The van der Waals surface area contributed by atoms with Crippen LogP contribution in [-0.2, 0) is 4.74 Å². The summed E-state index contributed by atoms with van der Waals surface area (Å²) in [4.78, 5) is 16.8. The summed E-state index contributed by atoms with van der Waals surface area (Å²) in [5.74, 6) is 0.554. The van der Waals surface area contributed by atoms with Gasteiger partial charge >= 0.3 is 6.09 Å². The number of carbonyl (C=O) groups excluding carboxylic acids is 1. The number of hydrogen-bond donors (Lipinski definition) is 1. The third-order valence-electron chi connectivity index (χ3n) is 4.12. The fourth-order valence-electron chi connectivity index (χ4n) is 3.04. The summed E-state index contributed by atoms with van der Waals surface area (Å²) in [7, 11) is 0. The largest absolute Gasteiger partial charge is 0.444 e. The molecule has 1 amide bonds. The molecule has 2 aliphatic rings. The third-order valence-corrected chi connectivity index (χ3v) is 4.12. The van der Waals surface area contributed by atoms with Crippen molar-refractivity contribution in [2.75, 3.05) is 32.7 Å². The van der Waals surface area contributed by atoms with Crippen molar-refractivity contribution in [1.82, 2.24) is 9.80 Å². The average Bonchev–Trinajstić information content (AvgIpc) is 3.19. The van der Waals surface area contributed by atoms with Crippen LogP contribution in [-0.4, -0.2) is 60.3 Å². The van der Waals surface area contributed by atoms with Gasteiger partial charge in [0.2, 0.25) is 0 Å². The van der Waals surface area contributed by atoms with Gasteiger partial charge in [0, 0.05) is 32.2 Å². The number of ether oxygens (including phenoxy) is 1. The molecule has 1 aliphatic carbocycles. The van der Waals surface area contributed by atoms with Gasteiger partial charge in [-0.2, -0.15) is 0 Å². The van der Waals surface area contributed by atoms with E-state index in [4.69, 9.17) is 10.5 Å². The Hall–Kier alpha value is -0.810. The molecule has 1 aliphatic heterocycles. The molecular formula is C16H31N3O2. The number of carbonyl (C=O) groups is 1. The fraction of sp³-hybridized carbons (Fsp3) is 0.938. The van der Waals surface area contributed by atoms with Crippen LogP contribution in [0.15, 0.2) is 0 Å². The highest BCUT2D eigenvalue weighted by atomic mass is 16.6. The number of nitrogens with two attached hydrogens (primary N) is 1. The summed E-state index contributed by atoms with van der Waals surface area (Å²) in [5, 5.41) is 0. The van der Waals surface area contributed by atoms with Gasteiger partial charge < -0.3 is 20.3 Å². The lowest BCUT2D eigenvalue weighted by molar-refractivity contribution is 0.0170. The van der Waals surface area contributed by atoms with Gasteiger partial charge in [0.05, 0.1) is 0 Å². The van der Waals surface area contributed by atoms with Crippen LogP contribution in [0.4, 0.5) is 4.79 Å². The van der Waals surface area contributed by atoms with Gasteiger partial charge in [-0.3, -0.25) is 0 Å². The molecule has 5 nitrogen and oxygen atoms in total. The summed E-state index contributed by atoms with van der Waals surface area (Å²) in [6, 6.07) is 0.407. The quantitative estimate of drug-likeness (QED) is 0.844. The van der Waals surface area contributed by atoms with E-state index >= 15 is 0 Å². The normalized spacial score (nSPS) is 23.9. The van der Waals surface area contributed by atoms with E-state index in [9.17, 15) is 4.79 Å². The number of likely N-dealkylation sites (tertiary alicyclic amines) is 1. The van der Waals surface area contributed by atoms with E-state index in [2.05, 4.69) is 4.90 Å². The summed E-state index contributed by atoms with van der Waals surface area (Å²) < 4.78 is 5.57. The van der Waals surface area contributed by atoms with Crippen molar-refractivity contribution >= 4 is 6.09 Å². The first-order chi connectivity index (χ1) is 9.89. The van der Waals surface area contributed by atoms with Crippen LogP contribution in [0.25, 0.3) is 0 Å². The Labute approximate surface area is 128 Å². The number of nitrogens with zero attached hydrogens (tertiary/aromatic N) is 2. The molecule has 0 spiro atoms. The lowest BCUT2D eigenvalue weighted by atomic mass is 9.97. The molecule has 0 aromatic rings. The zero-order valence-corrected chi connectivity index (χ0v) is 13.8. The Balaban J connectivity index is 1.89. The molecular weight excluding hydrogens is 266 g/mol. The van der Waals surface area contributed by atoms with Crippen LogP contribution in [0.2, 0.25) is 0 Å². The van der Waals surface area contributed by atoms with Crippen molar-refractivity contribution in [2.45, 2.75) is 58.1 Å². The van der Waals surface area contributed by atoms with Crippen LogP contribution in [0.5, 0.6) is 0 Å². The minimum absolute atomic E-state index is 0.138. The van der Waals surface area contributed by atoms with Gasteiger partial charge in [-0.15, -0.1) is 0 Å². The van der Waals surface area contributed by atoms with Crippen LogP contribution >= 0.6 is 0 Å². The van der Waals surface area contributed by atoms with E-state index in [-0.39, 0.29) is 6.09 Å². The molecule has 2 fully saturated rings. The molecule has 5 heteroatoms. The number of piperidine rings is 1. The molecule has 1 heterocycles. The molecule has 2 N–H and O–H groups in total. The number of amides is 1. The van der Waals surface area contributed by atoms with E-state index in [1.54, 1.807) is 0 Å². The zero-order chi connectivity index (χ0) is 15.5. The lowest BCUT2D eigenvalue weighted by Gasteiger charge is -2.36. The van der Waals surface area contributed by atoms with E-state index in [0.717, 1.165) is 39.0 Å². The second-order valence-corrected chi connectivity index (χ2v) is 7.46. The average molecular weight is 297 g/mol. The Kier molecular flexibility index (Phi) is 5.49. The summed E-state index contributed by atoms with van der Waals surface area (Å²) in [6.45, 7) is 10.5. The molecule has 21 heavy (non-hydrogen) atoms. The molecule has 0 aromatic heterocycles. The first-order valence-corrected chi connectivity index (χ1v) is 8.31. The van der Waals surface area contributed by atoms with E-state index in [1.807, 2.05) is 25.7 Å². The summed E-state index contributed by atoms with van der Waals surface area (Å²) in [6.07, 6.45) is 4.52. The highest BCUT2D eigenvalue weighted by molar-refractivity contribution is 5.69. The Bertz CT molecular complexity index is 348. The lowest BCUT2D eigenvalue weighted by Crippen LogP contribution is -2.46. The predicted molar refractivity (Wildman–Crippen MR) is 84.2 cm³/mol. The molecule has 122 valence electrons. The summed E-state index contributed by atoms with van der Waals surface area (Å²) >= 11 is 0. The number of hydrogen-bond acceptors (Lipinski definition) is 4. The van der Waals surface area contributed by atoms with Gasteiger partial charge in [0.1, 0.15) is 5.60 Å². The highest BCUT2D eigenvalue weighted by Gasteiger charge is 2.37. The van der Waals surface area contributed by atoms with Crippen molar-refractivity contribution in [2.24, 2.45) is 11.7 Å². The van der Waals surface area contributed by atoms with Gasteiger partial charge in [0.15, 0.2) is 0 Å². The molecule has 1 saturated carbocycles. The van der Waals surface area contributed by atoms with Gasteiger partial charge in [0.25, 0.3) is 0 Å². The molecule has 1 saturated heterocycles. The third kappa shape index (κ3) is 5.47. The summed E-state index contributed by atoms with van der Waals surface area (Å²) in [5.41, 5.74) is 5.24. The minimum Gasteiger partial charge on any atom is -0.444 e. The van der Waals surface area contributed by atoms with Crippen molar-refractivity contribution < 1.29 is 9.53 Å². The Morgan fingerprint density at radius 1 is 1.33 bits per heavy atom. The van der Waals surface area contributed by atoms with Gasteiger partial charge in [-0.1, -0.05) is 0 Å². The maximum atomic E-state index is 12.4. The first kappa shape index (κ1) is 16.6. The smallest absolute Gasteiger partial charge is 0.410 e. The van der Waals surface area contributed by atoms with Crippen LogP contribution < -0.4 is 5.73 Å².